The smallest absolute Gasteiger partial charge is 0.407 e. The van der Waals surface area contributed by atoms with Gasteiger partial charge in [0.25, 0.3) is 5.91 Å². The van der Waals surface area contributed by atoms with E-state index in [1.807, 2.05) is 6.92 Å². The number of amides is 2. The van der Waals surface area contributed by atoms with Gasteiger partial charge in [0.05, 0.1) is 23.8 Å². The topological polar surface area (TPSA) is 83.0 Å². The summed E-state index contributed by atoms with van der Waals surface area (Å²) in [6.45, 7) is 4.34. The normalized spacial score (nSPS) is 21.1. The first-order valence-electron chi connectivity index (χ1n) is 7.32. The number of carboxylic acid groups (broad SMARTS) is 1. The molecule has 0 bridgehead atoms. The second kappa shape index (κ2) is 5.85. The molecule has 1 N–H and O–H groups in total. The molecule has 1 spiro atoms. The average molecular weight is 325 g/mol. The number of rotatable bonds is 1. The number of ether oxygens (including phenoxy) is 1. The molecule has 0 saturated carbocycles. The van der Waals surface area contributed by atoms with Gasteiger partial charge in [-0.15, -0.1) is 11.3 Å². The van der Waals surface area contributed by atoms with Gasteiger partial charge in [0.2, 0.25) is 0 Å². The Hall–Kier alpha value is -1.67. The molecule has 0 unspecified atom stereocenters. The number of hydrogen-bond donors (Lipinski definition) is 1. The highest BCUT2D eigenvalue weighted by Crippen LogP contribution is 2.30. The van der Waals surface area contributed by atoms with E-state index in [2.05, 4.69) is 4.98 Å². The van der Waals surface area contributed by atoms with E-state index < -0.39 is 11.7 Å². The van der Waals surface area contributed by atoms with Crippen LogP contribution < -0.4 is 0 Å². The summed E-state index contributed by atoms with van der Waals surface area (Å²) in [4.78, 5) is 31.0. The highest BCUT2D eigenvalue weighted by molar-refractivity contribution is 7.09. The van der Waals surface area contributed by atoms with Gasteiger partial charge < -0.3 is 19.6 Å². The van der Waals surface area contributed by atoms with Crippen molar-refractivity contribution in [3.05, 3.63) is 16.1 Å². The molecule has 7 nitrogen and oxygen atoms in total. The number of carbonyl (C=O) groups is 2. The van der Waals surface area contributed by atoms with Crippen LogP contribution in [0.2, 0.25) is 0 Å². The van der Waals surface area contributed by atoms with E-state index in [0.717, 1.165) is 5.01 Å². The van der Waals surface area contributed by atoms with Crippen molar-refractivity contribution < 1.29 is 19.4 Å². The van der Waals surface area contributed by atoms with Crippen molar-refractivity contribution in [1.29, 1.82) is 0 Å². The van der Waals surface area contributed by atoms with Gasteiger partial charge in [-0.05, 0) is 19.8 Å². The third-order valence-electron chi connectivity index (χ3n) is 4.32. The van der Waals surface area contributed by atoms with Crippen molar-refractivity contribution >= 4 is 23.3 Å². The van der Waals surface area contributed by atoms with Crippen molar-refractivity contribution in [2.75, 3.05) is 32.8 Å². The molecule has 1 aromatic rings. The molecular formula is C14H19N3O4S. The van der Waals surface area contributed by atoms with Crippen LogP contribution in [0.4, 0.5) is 4.79 Å². The standard InChI is InChI=1S/C14H19N3O4S/c1-10-15-11(8-22-10)12(18)17-6-7-21-14(9-17)2-4-16(5-3-14)13(19)20/h8H,2-7,9H2,1H3,(H,19,20). The van der Waals surface area contributed by atoms with Crippen molar-refractivity contribution in [3.63, 3.8) is 0 Å². The van der Waals surface area contributed by atoms with E-state index in [0.29, 0.717) is 51.3 Å². The molecule has 120 valence electrons. The number of hydrogen-bond acceptors (Lipinski definition) is 5. The summed E-state index contributed by atoms with van der Waals surface area (Å²) < 4.78 is 5.92. The van der Waals surface area contributed by atoms with Crippen LogP contribution in [-0.4, -0.2) is 70.3 Å². The molecule has 22 heavy (non-hydrogen) atoms. The molecule has 3 heterocycles. The van der Waals surface area contributed by atoms with E-state index in [9.17, 15) is 9.59 Å². The van der Waals surface area contributed by atoms with Gasteiger partial charge in [-0.25, -0.2) is 9.78 Å². The SMILES string of the molecule is Cc1nc(C(=O)N2CCOC3(CCN(C(=O)O)CC3)C2)cs1. The van der Waals surface area contributed by atoms with E-state index in [4.69, 9.17) is 9.84 Å². The highest BCUT2D eigenvalue weighted by atomic mass is 32.1. The third-order valence-corrected chi connectivity index (χ3v) is 5.09. The molecule has 0 aromatic carbocycles. The Kier molecular flexibility index (Phi) is 4.05. The van der Waals surface area contributed by atoms with Crippen molar-refractivity contribution in [2.45, 2.75) is 25.4 Å². The van der Waals surface area contributed by atoms with Crippen molar-refractivity contribution in [1.82, 2.24) is 14.8 Å². The van der Waals surface area contributed by atoms with E-state index in [1.54, 1.807) is 10.3 Å². The fraction of sp³-hybridized carbons (Fsp3) is 0.643. The maximum atomic E-state index is 12.5. The highest BCUT2D eigenvalue weighted by Gasteiger charge is 2.42. The molecule has 3 rings (SSSR count). The molecule has 2 saturated heterocycles. The summed E-state index contributed by atoms with van der Waals surface area (Å²) in [6.07, 6.45) is 0.356. The fourth-order valence-corrected chi connectivity index (χ4v) is 3.64. The summed E-state index contributed by atoms with van der Waals surface area (Å²) in [7, 11) is 0. The Bertz CT molecular complexity index is 580. The minimum absolute atomic E-state index is 0.0623. The Labute approximate surface area is 132 Å². The zero-order valence-corrected chi connectivity index (χ0v) is 13.3. The predicted octanol–water partition coefficient (Wildman–Crippen LogP) is 1.44. The third kappa shape index (κ3) is 2.93. The Balaban J connectivity index is 1.67. The number of carbonyl (C=O) groups excluding carboxylic acids is 1. The Morgan fingerprint density at radius 2 is 2.05 bits per heavy atom. The summed E-state index contributed by atoms with van der Waals surface area (Å²) in [6, 6.07) is 0. The van der Waals surface area contributed by atoms with E-state index >= 15 is 0 Å². The molecule has 8 heteroatoms. The predicted molar refractivity (Wildman–Crippen MR) is 80.3 cm³/mol. The molecular weight excluding hydrogens is 306 g/mol. The number of thiazole rings is 1. The zero-order valence-electron chi connectivity index (χ0n) is 12.4. The maximum absolute atomic E-state index is 12.5. The lowest BCUT2D eigenvalue weighted by Crippen LogP contribution is -2.58. The second-order valence-electron chi connectivity index (χ2n) is 5.78. The van der Waals surface area contributed by atoms with Crippen molar-refractivity contribution in [2.24, 2.45) is 0 Å². The summed E-state index contributed by atoms with van der Waals surface area (Å²) >= 11 is 1.47. The van der Waals surface area contributed by atoms with Gasteiger partial charge >= 0.3 is 6.09 Å². The van der Waals surface area contributed by atoms with Gasteiger partial charge in [-0.3, -0.25) is 4.79 Å². The van der Waals surface area contributed by atoms with Crippen LogP contribution in [0.25, 0.3) is 0 Å². The van der Waals surface area contributed by atoms with Crippen LogP contribution >= 0.6 is 11.3 Å². The van der Waals surface area contributed by atoms with Crippen LogP contribution in [0.3, 0.4) is 0 Å². The van der Waals surface area contributed by atoms with E-state index in [1.165, 1.54) is 16.2 Å². The van der Waals surface area contributed by atoms with Gasteiger partial charge in [0.1, 0.15) is 5.69 Å². The summed E-state index contributed by atoms with van der Waals surface area (Å²) in [5.41, 5.74) is 0.0767. The number of aromatic nitrogens is 1. The largest absolute Gasteiger partial charge is 0.465 e. The van der Waals surface area contributed by atoms with Crippen LogP contribution in [0.5, 0.6) is 0 Å². The maximum Gasteiger partial charge on any atom is 0.407 e. The number of piperidine rings is 1. The average Bonchev–Trinajstić information content (AvgIpc) is 2.93. The fourth-order valence-electron chi connectivity index (χ4n) is 3.05. The number of morpholine rings is 1. The molecule has 2 aliphatic rings. The zero-order chi connectivity index (χ0) is 15.7. The minimum Gasteiger partial charge on any atom is -0.465 e. The summed E-state index contributed by atoms with van der Waals surface area (Å²) in [5, 5.41) is 11.7. The molecule has 1 aromatic heterocycles. The first-order valence-corrected chi connectivity index (χ1v) is 8.20. The second-order valence-corrected chi connectivity index (χ2v) is 6.84. The number of aryl methyl sites for hydroxylation is 1. The first-order chi connectivity index (χ1) is 10.5. The molecule has 2 fully saturated rings. The van der Waals surface area contributed by atoms with Crippen LogP contribution in [0.15, 0.2) is 5.38 Å². The Morgan fingerprint density at radius 3 is 2.64 bits per heavy atom. The van der Waals surface area contributed by atoms with Gasteiger partial charge in [0.15, 0.2) is 0 Å². The molecule has 0 aliphatic carbocycles. The number of nitrogens with zero attached hydrogens (tertiary/aromatic N) is 3. The van der Waals surface area contributed by atoms with Crippen molar-refractivity contribution in [3.8, 4) is 0 Å². The molecule has 2 amide bonds. The summed E-state index contributed by atoms with van der Waals surface area (Å²) in [5.74, 6) is -0.0623. The lowest BCUT2D eigenvalue weighted by Gasteiger charge is -2.46. The van der Waals surface area contributed by atoms with Gasteiger partial charge in [-0.1, -0.05) is 0 Å². The molecule has 0 atom stereocenters. The van der Waals surface area contributed by atoms with Crippen LogP contribution in [0, 0.1) is 6.92 Å². The number of likely N-dealkylation sites (tertiary alicyclic amines) is 1. The quantitative estimate of drug-likeness (QED) is 0.845. The first kappa shape index (κ1) is 15.2. The molecule has 0 radical (unpaired) electrons. The Morgan fingerprint density at radius 1 is 1.32 bits per heavy atom. The van der Waals surface area contributed by atoms with Crippen LogP contribution in [0.1, 0.15) is 28.3 Å². The lowest BCUT2D eigenvalue weighted by molar-refractivity contribution is -0.124. The van der Waals surface area contributed by atoms with Gasteiger partial charge in [-0.2, -0.15) is 0 Å². The van der Waals surface area contributed by atoms with Crippen LogP contribution in [-0.2, 0) is 4.74 Å². The minimum atomic E-state index is -0.892. The monoisotopic (exact) mass is 325 g/mol. The molecule has 2 aliphatic heterocycles. The van der Waals surface area contributed by atoms with E-state index in [-0.39, 0.29) is 5.91 Å². The lowest BCUT2D eigenvalue weighted by atomic mass is 9.89. The van der Waals surface area contributed by atoms with Gasteiger partial charge in [0, 0.05) is 25.0 Å².